The third-order valence-electron chi connectivity index (χ3n) is 1.94. The van der Waals surface area contributed by atoms with E-state index in [0.29, 0.717) is 23.9 Å². The maximum absolute atomic E-state index is 12.8. The summed E-state index contributed by atoms with van der Waals surface area (Å²) in [5, 5.41) is 6.51. The Morgan fingerprint density at radius 2 is 2.12 bits per heavy atom. The van der Waals surface area contributed by atoms with Crippen LogP contribution in [0.2, 0.25) is 0 Å². The Morgan fingerprint density at radius 3 is 2.75 bits per heavy atom. The van der Waals surface area contributed by atoms with Gasteiger partial charge < -0.3 is 9.84 Å². The molecule has 0 amide bonds. The molecule has 0 unspecified atom stereocenters. The monoisotopic (exact) mass is 225 g/mol. The highest BCUT2D eigenvalue weighted by Crippen LogP contribution is 2.13. The van der Waals surface area contributed by atoms with Crippen LogP contribution in [-0.4, -0.2) is 10.1 Å². The normalized spacial score (nSPS) is 10.4. The van der Waals surface area contributed by atoms with E-state index in [1.54, 1.807) is 6.92 Å². The summed E-state index contributed by atoms with van der Waals surface area (Å²) in [6, 6.07) is 3.56. The van der Waals surface area contributed by atoms with Crippen LogP contribution in [0.5, 0.6) is 0 Å². The van der Waals surface area contributed by atoms with Gasteiger partial charge in [-0.15, -0.1) is 0 Å². The summed E-state index contributed by atoms with van der Waals surface area (Å²) in [7, 11) is 0. The smallest absolute Gasteiger partial charge is 0.223 e. The molecule has 0 aliphatic carbocycles. The first-order chi connectivity index (χ1) is 7.65. The van der Waals surface area contributed by atoms with Crippen molar-refractivity contribution in [2.24, 2.45) is 0 Å². The molecule has 2 aromatic rings. The second-order valence-electron chi connectivity index (χ2n) is 3.21. The number of nitrogens with zero attached hydrogens (tertiary/aromatic N) is 2. The van der Waals surface area contributed by atoms with E-state index in [9.17, 15) is 8.78 Å². The van der Waals surface area contributed by atoms with E-state index in [1.165, 1.54) is 6.07 Å². The van der Waals surface area contributed by atoms with Crippen molar-refractivity contribution in [3.63, 3.8) is 0 Å². The predicted octanol–water partition coefficient (Wildman–Crippen LogP) is 2.27. The van der Waals surface area contributed by atoms with Gasteiger partial charge in [-0.05, 0) is 12.1 Å². The van der Waals surface area contributed by atoms with Gasteiger partial charge in [0.2, 0.25) is 5.89 Å². The maximum Gasteiger partial charge on any atom is 0.223 e. The summed E-state index contributed by atoms with van der Waals surface area (Å²) in [5.41, 5.74) is 0.460. The molecule has 1 aromatic heterocycles. The van der Waals surface area contributed by atoms with E-state index in [4.69, 9.17) is 4.52 Å². The molecular formula is C10H9F2N3O. The Bertz CT molecular complexity index is 499. The first-order valence-electron chi connectivity index (χ1n) is 4.63. The number of hydrogen-bond acceptors (Lipinski definition) is 4. The third-order valence-corrected chi connectivity index (χ3v) is 1.94. The van der Waals surface area contributed by atoms with Crippen molar-refractivity contribution in [1.82, 2.24) is 10.1 Å². The highest BCUT2D eigenvalue weighted by molar-refractivity contribution is 5.43. The van der Waals surface area contributed by atoms with Gasteiger partial charge in [0.05, 0.1) is 6.54 Å². The minimum absolute atomic E-state index is 0.294. The predicted molar refractivity (Wildman–Crippen MR) is 52.7 cm³/mol. The van der Waals surface area contributed by atoms with Gasteiger partial charge in [-0.25, -0.2) is 8.78 Å². The van der Waals surface area contributed by atoms with Gasteiger partial charge in [0.1, 0.15) is 0 Å². The molecule has 0 aliphatic rings. The Hall–Kier alpha value is -1.98. The number of hydrogen-bond donors (Lipinski definition) is 1. The Labute approximate surface area is 90.3 Å². The molecule has 2 rings (SSSR count). The van der Waals surface area contributed by atoms with E-state index in [-0.39, 0.29) is 0 Å². The zero-order valence-electron chi connectivity index (χ0n) is 8.50. The zero-order valence-corrected chi connectivity index (χ0v) is 8.50. The lowest BCUT2D eigenvalue weighted by Gasteiger charge is -2.03. The minimum Gasteiger partial charge on any atom is -0.378 e. The van der Waals surface area contributed by atoms with Crippen LogP contribution in [0, 0.1) is 18.6 Å². The maximum atomic E-state index is 12.8. The molecular weight excluding hydrogens is 216 g/mol. The number of anilines is 1. The lowest BCUT2D eigenvalue weighted by Crippen LogP contribution is -2.01. The van der Waals surface area contributed by atoms with Gasteiger partial charge in [-0.1, -0.05) is 5.16 Å². The standard InChI is InChI=1S/C10H9F2N3O/c1-6-14-10(15-16-6)5-13-7-2-3-8(11)9(12)4-7/h2-4,13H,5H2,1H3. The molecule has 0 atom stereocenters. The fraction of sp³-hybridized carbons (Fsp3) is 0.200. The molecule has 1 heterocycles. The van der Waals surface area contributed by atoms with Crippen molar-refractivity contribution in [3.8, 4) is 0 Å². The molecule has 0 fully saturated rings. The Kier molecular flexibility index (Phi) is 2.80. The topological polar surface area (TPSA) is 51.0 Å². The molecule has 0 bridgehead atoms. The van der Waals surface area contributed by atoms with Crippen LogP contribution < -0.4 is 5.32 Å². The zero-order chi connectivity index (χ0) is 11.5. The largest absolute Gasteiger partial charge is 0.378 e. The van der Waals surface area contributed by atoms with Crippen molar-refractivity contribution in [2.75, 3.05) is 5.32 Å². The average molecular weight is 225 g/mol. The Balaban J connectivity index is 2.02. The molecule has 0 spiro atoms. The molecule has 0 saturated carbocycles. The van der Waals surface area contributed by atoms with Crippen LogP contribution in [0.25, 0.3) is 0 Å². The Morgan fingerprint density at radius 1 is 1.31 bits per heavy atom. The van der Waals surface area contributed by atoms with Crippen molar-refractivity contribution in [1.29, 1.82) is 0 Å². The molecule has 6 heteroatoms. The average Bonchev–Trinajstić information content (AvgIpc) is 2.66. The third kappa shape index (κ3) is 2.33. The van der Waals surface area contributed by atoms with Gasteiger partial charge in [0.15, 0.2) is 17.5 Å². The van der Waals surface area contributed by atoms with Crippen molar-refractivity contribution in [3.05, 3.63) is 41.5 Å². The minimum atomic E-state index is -0.894. The molecule has 1 aromatic carbocycles. The lowest BCUT2D eigenvalue weighted by atomic mass is 10.3. The van der Waals surface area contributed by atoms with Crippen molar-refractivity contribution in [2.45, 2.75) is 13.5 Å². The number of nitrogens with one attached hydrogen (secondary N) is 1. The summed E-state index contributed by atoms with van der Waals surface area (Å²) in [6.45, 7) is 1.97. The van der Waals surface area contributed by atoms with Crippen LogP contribution >= 0.6 is 0 Å². The molecule has 0 radical (unpaired) electrons. The van der Waals surface area contributed by atoms with Gasteiger partial charge in [0, 0.05) is 18.7 Å². The second-order valence-corrected chi connectivity index (χ2v) is 3.21. The van der Waals surface area contributed by atoms with Crippen LogP contribution in [0.3, 0.4) is 0 Å². The van der Waals surface area contributed by atoms with E-state index < -0.39 is 11.6 Å². The fourth-order valence-corrected chi connectivity index (χ4v) is 1.20. The highest BCUT2D eigenvalue weighted by atomic mass is 19.2. The molecule has 0 saturated heterocycles. The van der Waals surface area contributed by atoms with Crippen LogP contribution in [0.4, 0.5) is 14.5 Å². The summed E-state index contributed by atoms with van der Waals surface area (Å²) >= 11 is 0. The van der Waals surface area contributed by atoms with E-state index in [0.717, 1.165) is 12.1 Å². The van der Waals surface area contributed by atoms with Gasteiger partial charge in [-0.2, -0.15) is 4.98 Å². The molecule has 0 aliphatic heterocycles. The molecule has 1 N–H and O–H groups in total. The molecule has 4 nitrogen and oxygen atoms in total. The number of halogens is 2. The molecule has 16 heavy (non-hydrogen) atoms. The van der Waals surface area contributed by atoms with Gasteiger partial charge in [-0.3, -0.25) is 0 Å². The lowest BCUT2D eigenvalue weighted by molar-refractivity contribution is 0.388. The number of rotatable bonds is 3. The van der Waals surface area contributed by atoms with E-state index in [2.05, 4.69) is 15.5 Å². The number of benzene rings is 1. The van der Waals surface area contributed by atoms with Crippen LogP contribution in [0.1, 0.15) is 11.7 Å². The van der Waals surface area contributed by atoms with Crippen molar-refractivity contribution >= 4 is 5.69 Å². The fourth-order valence-electron chi connectivity index (χ4n) is 1.20. The first kappa shape index (κ1) is 10.5. The first-order valence-corrected chi connectivity index (χ1v) is 4.63. The quantitative estimate of drug-likeness (QED) is 0.870. The number of aryl methyl sites for hydroxylation is 1. The summed E-state index contributed by atoms with van der Waals surface area (Å²) in [5.74, 6) is -0.848. The second kappa shape index (κ2) is 4.26. The van der Waals surface area contributed by atoms with Crippen LogP contribution in [0.15, 0.2) is 22.7 Å². The van der Waals surface area contributed by atoms with Gasteiger partial charge >= 0.3 is 0 Å². The van der Waals surface area contributed by atoms with Crippen LogP contribution in [-0.2, 0) is 6.54 Å². The van der Waals surface area contributed by atoms with E-state index in [1.807, 2.05) is 0 Å². The SMILES string of the molecule is Cc1nc(CNc2ccc(F)c(F)c2)no1. The summed E-state index contributed by atoms with van der Waals surface area (Å²) < 4.78 is 30.2. The van der Waals surface area contributed by atoms with Crippen molar-refractivity contribution < 1.29 is 13.3 Å². The highest BCUT2D eigenvalue weighted by Gasteiger charge is 2.04. The summed E-state index contributed by atoms with van der Waals surface area (Å²) in [6.07, 6.45) is 0. The van der Waals surface area contributed by atoms with E-state index >= 15 is 0 Å². The van der Waals surface area contributed by atoms with Gasteiger partial charge in [0.25, 0.3) is 0 Å². The molecule has 84 valence electrons. The number of aromatic nitrogens is 2. The summed E-state index contributed by atoms with van der Waals surface area (Å²) in [4.78, 5) is 3.96.